The van der Waals surface area contributed by atoms with Gasteiger partial charge in [-0.3, -0.25) is 9.59 Å². The molecule has 0 saturated carbocycles. The van der Waals surface area contributed by atoms with E-state index in [1.165, 1.54) is 11.0 Å². The van der Waals surface area contributed by atoms with Gasteiger partial charge in [-0.15, -0.1) is 0 Å². The van der Waals surface area contributed by atoms with Crippen LogP contribution in [0.15, 0.2) is 78.9 Å². The summed E-state index contributed by atoms with van der Waals surface area (Å²) in [4.78, 5) is 27.7. The molecular formula is C26H27FN2O2. The molecule has 1 unspecified atom stereocenters. The van der Waals surface area contributed by atoms with Crippen LogP contribution in [0.5, 0.6) is 0 Å². The van der Waals surface area contributed by atoms with Crippen molar-refractivity contribution in [2.75, 3.05) is 7.05 Å². The quantitative estimate of drug-likeness (QED) is 0.600. The van der Waals surface area contributed by atoms with Gasteiger partial charge in [-0.25, -0.2) is 4.39 Å². The first-order chi connectivity index (χ1) is 15.0. The standard InChI is InChI=1S/C26H27FN2O2/c1-19-12-14-21(15-13-19)17-25(30)29(18-22-10-6-7-11-23(22)27)24(26(31)28-2)16-20-8-4-3-5-9-20/h3-15,24H,16-18H2,1-2H3,(H,28,31). The van der Waals surface area contributed by atoms with E-state index in [1.54, 1.807) is 25.2 Å². The van der Waals surface area contributed by atoms with E-state index < -0.39 is 11.9 Å². The monoisotopic (exact) mass is 418 g/mol. The predicted molar refractivity (Wildman–Crippen MR) is 120 cm³/mol. The average molecular weight is 419 g/mol. The number of carbonyl (C=O) groups is 2. The lowest BCUT2D eigenvalue weighted by Gasteiger charge is -2.31. The van der Waals surface area contributed by atoms with Gasteiger partial charge < -0.3 is 10.2 Å². The molecule has 31 heavy (non-hydrogen) atoms. The Hall–Kier alpha value is -3.47. The molecule has 0 spiro atoms. The van der Waals surface area contributed by atoms with Gasteiger partial charge in [-0.2, -0.15) is 0 Å². The largest absolute Gasteiger partial charge is 0.357 e. The molecule has 0 aliphatic carbocycles. The third-order valence-electron chi connectivity index (χ3n) is 5.29. The zero-order valence-corrected chi connectivity index (χ0v) is 17.8. The van der Waals surface area contributed by atoms with Crippen molar-refractivity contribution in [3.8, 4) is 0 Å². The number of halogens is 1. The Balaban J connectivity index is 1.94. The van der Waals surface area contributed by atoms with Crippen LogP contribution >= 0.6 is 0 Å². The van der Waals surface area contributed by atoms with Crippen LogP contribution in [0.25, 0.3) is 0 Å². The van der Waals surface area contributed by atoms with Gasteiger partial charge in [0.2, 0.25) is 11.8 Å². The minimum Gasteiger partial charge on any atom is -0.357 e. The maximum absolute atomic E-state index is 14.4. The number of hydrogen-bond donors (Lipinski definition) is 1. The Kier molecular flexibility index (Phi) is 7.55. The van der Waals surface area contributed by atoms with Crippen LogP contribution in [-0.2, 0) is 29.0 Å². The topological polar surface area (TPSA) is 49.4 Å². The van der Waals surface area contributed by atoms with E-state index in [0.29, 0.717) is 12.0 Å². The van der Waals surface area contributed by atoms with Crippen molar-refractivity contribution in [1.82, 2.24) is 10.2 Å². The van der Waals surface area contributed by atoms with Crippen LogP contribution in [0.3, 0.4) is 0 Å². The molecule has 2 amide bonds. The molecule has 3 aromatic rings. The van der Waals surface area contributed by atoms with Crippen LogP contribution in [0.1, 0.15) is 22.3 Å². The first-order valence-corrected chi connectivity index (χ1v) is 10.3. The van der Waals surface area contributed by atoms with Crippen molar-refractivity contribution in [3.63, 3.8) is 0 Å². The summed E-state index contributed by atoms with van der Waals surface area (Å²) >= 11 is 0. The number of hydrogen-bond acceptors (Lipinski definition) is 2. The zero-order chi connectivity index (χ0) is 22.2. The molecule has 1 atom stereocenters. The Labute approximate surface area is 182 Å². The first kappa shape index (κ1) is 22.2. The third-order valence-corrected chi connectivity index (χ3v) is 5.29. The van der Waals surface area contributed by atoms with Crippen LogP contribution in [0.2, 0.25) is 0 Å². The number of carbonyl (C=O) groups excluding carboxylic acids is 2. The summed E-state index contributed by atoms with van der Waals surface area (Å²) in [6.45, 7) is 2.00. The molecule has 0 radical (unpaired) electrons. The summed E-state index contributed by atoms with van der Waals surface area (Å²) in [5.41, 5.74) is 3.26. The number of amides is 2. The van der Waals surface area contributed by atoms with Gasteiger partial charge in [0.05, 0.1) is 6.42 Å². The van der Waals surface area contributed by atoms with E-state index in [9.17, 15) is 14.0 Å². The van der Waals surface area contributed by atoms with Crippen molar-refractivity contribution < 1.29 is 14.0 Å². The number of aryl methyl sites for hydroxylation is 1. The van der Waals surface area contributed by atoms with E-state index in [0.717, 1.165) is 16.7 Å². The number of nitrogens with one attached hydrogen (secondary N) is 1. The van der Waals surface area contributed by atoms with Gasteiger partial charge in [-0.1, -0.05) is 78.4 Å². The molecule has 4 nitrogen and oxygen atoms in total. The molecule has 0 aliphatic heterocycles. The lowest BCUT2D eigenvalue weighted by atomic mass is 10.0. The first-order valence-electron chi connectivity index (χ1n) is 10.3. The van der Waals surface area contributed by atoms with Crippen LogP contribution in [0, 0.1) is 12.7 Å². The smallest absolute Gasteiger partial charge is 0.242 e. The molecule has 0 bridgehead atoms. The summed E-state index contributed by atoms with van der Waals surface area (Å²) < 4.78 is 14.4. The van der Waals surface area contributed by atoms with Crippen molar-refractivity contribution >= 4 is 11.8 Å². The fourth-order valence-corrected chi connectivity index (χ4v) is 3.51. The lowest BCUT2D eigenvalue weighted by molar-refractivity contribution is -0.140. The van der Waals surface area contributed by atoms with Crippen molar-refractivity contribution in [2.45, 2.75) is 32.4 Å². The summed E-state index contributed by atoms with van der Waals surface area (Å²) in [6, 6.07) is 22.8. The Morgan fingerprint density at radius 2 is 1.55 bits per heavy atom. The highest BCUT2D eigenvalue weighted by Gasteiger charge is 2.30. The van der Waals surface area contributed by atoms with Crippen molar-refractivity contribution in [2.24, 2.45) is 0 Å². The summed E-state index contributed by atoms with van der Waals surface area (Å²) in [7, 11) is 1.55. The van der Waals surface area contributed by atoms with Gasteiger partial charge in [0, 0.05) is 25.6 Å². The van der Waals surface area contributed by atoms with Gasteiger partial charge in [0.15, 0.2) is 0 Å². The SMILES string of the molecule is CNC(=O)C(Cc1ccccc1)N(Cc1ccccc1F)C(=O)Cc1ccc(C)cc1. The average Bonchev–Trinajstić information content (AvgIpc) is 2.79. The molecule has 0 fully saturated rings. The highest BCUT2D eigenvalue weighted by Crippen LogP contribution is 2.18. The van der Waals surface area contributed by atoms with Gasteiger partial charge in [0.25, 0.3) is 0 Å². The fraction of sp³-hybridized carbons (Fsp3) is 0.231. The number of rotatable bonds is 8. The lowest BCUT2D eigenvalue weighted by Crippen LogP contribution is -2.50. The Bertz CT molecular complexity index is 1020. The summed E-state index contributed by atoms with van der Waals surface area (Å²) in [5, 5.41) is 2.67. The molecule has 3 rings (SSSR count). The van der Waals surface area contributed by atoms with Crippen molar-refractivity contribution in [3.05, 3.63) is 107 Å². The minimum absolute atomic E-state index is 0.0162. The van der Waals surface area contributed by atoms with E-state index in [2.05, 4.69) is 5.32 Å². The second kappa shape index (κ2) is 10.5. The molecule has 0 aromatic heterocycles. The van der Waals surface area contributed by atoms with Gasteiger partial charge in [-0.05, 0) is 24.1 Å². The zero-order valence-electron chi connectivity index (χ0n) is 17.8. The molecule has 3 aromatic carbocycles. The second-order valence-corrected chi connectivity index (χ2v) is 7.60. The Morgan fingerprint density at radius 1 is 0.903 bits per heavy atom. The minimum atomic E-state index is -0.759. The van der Waals surface area contributed by atoms with Crippen molar-refractivity contribution in [1.29, 1.82) is 0 Å². The molecular weight excluding hydrogens is 391 g/mol. The Morgan fingerprint density at radius 3 is 2.19 bits per heavy atom. The molecule has 1 N–H and O–H groups in total. The molecule has 160 valence electrons. The molecule has 0 saturated heterocycles. The maximum Gasteiger partial charge on any atom is 0.242 e. The highest BCUT2D eigenvalue weighted by atomic mass is 19.1. The van der Waals surface area contributed by atoms with Crippen LogP contribution < -0.4 is 5.32 Å². The predicted octanol–water partition coefficient (Wildman–Crippen LogP) is 4.06. The molecule has 5 heteroatoms. The van der Waals surface area contributed by atoms with Gasteiger partial charge >= 0.3 is 0 Å². The van der Waals surface area contributed by atoms with E-state index in [1.807, 2.05) is 61.5 Å². The van der Waals surface area contributed by atoms with Crippen LogP contribution in [0.4, 0.5) is 4.39 Å². The third kappa shape index (κ3) is 6.01. The van der Waals surface area contributed by atoms with Crippen LogP contribution in [-0.4, -0.2) is 29.8 Å². The number of likely N-dealkylation sites (N-methyl/N-ethyl adjacent to an activating group) is 1. The summed E-state index contributed by atoms with van der Waals surface area (Å²) in [6.07, 6.45) is 0.478. The van der Waals surface area contributed by atoms with E-state index in [4.69, 9.17) is 0 Å². The maximum atomic E-state index is 14.4. The number of benzene rings is 3. The van der Waals surface area contributed by atoms with Gasteiger partial charge in [0.1, 0.15) is 11.9 Å². The number of nitrogens with zero attached hydrogens (tertiary/aromatic N) is 1. The summed E-state index contributed by atoms with van der Waals surface area (Å²) in [5.74, 6) is -0.903. The van der Waals surface area contributed by atoms with E-state index >= 15 is 0 Å². The fourth-order valence-electron chi connectivity index (χ4n) is 3.51. The highest BCUT2D eigenvalue weighted by molar-refractivity contribution is 5.88. The second-order valence-electron chi connectivity index (χ2n) is 7.60. The normalized spacial score (nSPS) is 11.6. The molecule has 0 aliphatic rings. The van der Waals surface area contributed by atoms with E-state index in [-0.39, 0.29) is 24.8 Å². The molecule has 0 heterocycles.